The van der Waals surface area contributed by atoms with E-state index in [4.69, 9.17) is 15.9 Å². The number of carbonyl (C=O) groups excluding carboxylic acids is 4. The Morgan fingerprint density at radius 3 is 1.35 bits per heavy atom. The third-order valence-electron chi connectivity index (χ3n) is 5.21. The summed E-state index contributed by atoms with van der Waals surface area (Å²) in [5, 5.41) is 0. The molecule has 2 aromatic carbocycles. The van der Waals surface area contributed by atoms with Gasteiger partial charge in [0.2, 0.25) is 11.6 Å². The Balaban J connectivity index is 1.62. The molecule has 0 atom stereocenters. The fourth-order valence-electron chi connectivity index (χ4n) is 3.13. The first-order chi connectivity index (χ1) is 17.6. The van der Waals surface area contributed by atoms with Crippen LogP contribution < -0.4 is 11.5 Å². The summed E-state index contributed by atoms with van der Waals surface area (Å²) in [6, 6.07) is 14.0. The minimum atomic E-state index is -0.792. The van der Waals surface area contributed by atoms with E-state index in [0.29, 0.717) is 11.4 Å². The van der Waals surface area contributed by atoms with E-state index in [-0.39, 0.29) is 24.2 Å². The average molecular weight is 497 g/mol. The summed E-state index contributed by atoms with van der Waals surface area (Å²) in [5.74, 6) is 6.22. The zero-order chi connectivity index (χ0) is 26.9. The number of anilines is 2. The van der Waals surface area contributed by atoms with Gasteiger partial charge in [0.25, 0.3) is 11.8 Å². The molecule has 0 unspecified atom stereocenters. The van der Waals surface area contributed by atoms with Gasteiger partial charge in [0.1, 0.15) is 12.5 Å². The highest BCUT2D eigenvalue weighted by atomic mass is 16.3. The van der Waals surface area contributed by atoms with Crippen LogP contribution in [0.4, 0.5) is 11.4 Å². The van der Waals surface area contributed by atoms with Gasteiger partial charge in [-0.05, 0) is 47.2 Å². The van der Waals surface area contributed by atoms with Crippen molar-refractivity contribution in [2.24, 2.45) is 0 Å². The van der Waals surface area contributed by atoms with Crippen LogP contribution in [0.5, 0.6) is 0 Å². The van der Waals surface area contributed by atoms with Crippen molar-refractivity contribution in [1.82, 2.24) is 9.80 Å². The number of ketones is 2. The minimum Gasteiger partial charge on any atom is -0.471 e. The summed E-state index contributed by atoms with van der Waals surface area (Å²) in [7, 11) is 3.09. The zero-order valence-corrected chi connectivity index (χ0v) is 20.3. The summed E-state index contributed by atoms with van der Waals surface area (Å²) in [6.45, 7) is 0.543. The molecule has 0 radical (unpaired) electrons. The molecule has 2 amide bonds. The van der Waals surface area contributed by atoms with Gasteiger partial charge in [-0.3, -0.25) is 19.2 Å². The molecule has 3 aromatic rings. The molecule has 0 saturated carbocycles. The number of Topliss-reactive ketones (excluding diaryl/α,β-unsaturated/α-hetero) is 2. The summed E-state index contributed by atoms with van der Waals surface area (Å²) in [4.78, 5) is 52.3. The second-order valence-corrected chi connectivity index (χ2v) is 8.16. The van der Waals surface area contributed by atoms with Crippen molar-refractivity contribution in [2.45, 2.75) is 13.1 Å². The summed E-state index contributed by atoms with van der Waals surface area (Å²) < 4.78 is 4.99. The first-order valence-corrected chi connectivity index (χ1v) is 11.0. The largest absolute Gasteiger partial charge is 0.471 e. The molecular formula is C28H24N4O5. The minimum absolute atomic E-state index is 0.150. The van der Waals surface area contributed by atoms with E-state index in [9.17, 15) is 19.2 Å². The van der Waals surface area contributed by atoms with Crippen molar-refractivity contribution in [3.05, 3.63) is 83.3 Å². The predicted octanol–water partition coefficient (Wildman–Crippen LogP) is 2.13. The maximum absolute atomic E-state index is 12.5. The van der Waals surface area contributed by atoms with Gasteiger partial charge in [0, 0.05) is 50.4 Å². The average Bonchev–Trinajstić information content (AvgIpc) is 3.38. The van der Waals surface area contributed by atoms with Crippen LogP contribution in [0.1, 0.15) is 31.8 Å². The zero-order valence-electron chi connectivity index (χ0n) is 20.3. The molecule has 37 heavy (non-hydrogen) atoms. The Morgan fingerprint density at radius 2 is 1.00 bits per heavy atom. The number of benzene rings is 2. The number of nitrogen functional groups attached to an aromatic ring is 2. The maximum Gasteiger partial charge on any atom is 0.298 e. The van der Waals surface area contributed by atoms with Crippen molar-refractivity contribution >= 4 is 34.8 Å². The van der Waals surface area contributed by atoms with Crippen LogP contribution in [0.25, 0.3) is 0 Å². The molecule has 0 fully saturated rings. The second-order valence-electron chi connectivity index (χ2n) is 8.16. The van der Waals surface area contributed by atoms with Gasteiger partial charge in [-0.2, -0.15) is 0 Å². The van der Waals surface area contributed by atoms with Crippen LogP contribution in [0.15, 0.2) is 65.5 Å². The Morgan fingerprint density at radius 1 is 0.649 bits per heavy atom. The molecule has 0 spiro atoms. The third-order valence-corrected chi connectivity index (χ3v) is 5.21. The summed E-state index contributed by atoms with van der Waals surface area (Å²) in [6.07, 6.45) is 2.09. The van der Waals surface area contributed by atoms with Gasteiger partial charge in [0.15, 0.2) is 0 Å². The van der Waals surface area contributed by atoms with Crippen LogP contribution in [0.2, 0.25) is 0 Å². The SMILES string of the molecule is CN(Cc1ccc(N)cc1)C(=O)C#CC(=O)c1cocc1C(=O)C#CC(=O)N(C)Cc1ccc(N)cc1. The Bertz CT molecular complexity index is 1340. The van der Waals surface area contributed by atoms with Gasteiger partial charge >= 0.3 is 0 Å². The highest BCUT2D eigenvalue weighted by Gasteiger charge is 2.18. The lowest BCUT2D eigenvalue weighted by Crippen LogP contribution is -2.24. The van der Waals surface area contributed by atoms with Crippen LogP contribution in [0, 0.1) is 23.7 Å². The lowest BCUT2D eigenvalue weighted by atomic mass is 10.1. The smallest absolute Gasteiger partial charge is 0.298 e. The number of rotatable bonds is 6. The number of amides is 2. The van der Waals surface area contributed by atoms with Crippen LogP contribution in [-0.4, -0.2) is 47.3 Å². The maximum atomic E-state index is 12.5. The molecule has 3 rings (SSSR count). The number of nitrogens with zero attached hydrogens (tertiary/aromatic N) is 2. The summed E-state index contributed by atoms with van der Waals surface area (Å²) >= 11 is 0. The molecule has 0 aliphatic heterocycles. The molecule has 0 saturated heterocycles. The topological polar surface area (TPSA) is 140 Å². The second kappa shape index (κ2) is 11.9. The molecule has 0 bridgehead atoms. The van der Waals surface area contributed by atoms with Crippen molar-refractivity contribution in [2.75, 3.05) is 25.6 Å². The first kappa shape index (κ1) is 26.3. The molecule has 186 valence electrons. The fourth-order valence-corrected chi connectivity index (χ4v) is 3.13. The van der Waals surface area contributed by atoms with E-state index in [1.807, 2.05) is 0 Å². The molecule has 4 N–H and O–H groups in total. The van der Waals surface area contributed by atoms with Gasteiger partial charge in [0.05, 0.1) is 11.1 Å². The Hall–Kier alpha value is -5.28. The van der Waals surface area contributed by atoms with E-state index in [2.05, 4.69) is 23.7 Å². The van der Waals surface area contributed by atoms with E-state index in [1.54, 1.807) is 62.6 Å². The van der Waals surface area contributed by atoms with Crippen molar-refractivity contribution < 1.29 is 23.6 Å². The van der Waals surface area contributed by atoms with Crippen LogP contribution in [-0.2, 0) is 22.7 Å². The lowest BCUT2D eigenvalue weighted by Gasteiger charge is -2.13. The number of hydrogen-bond donors (Lipinski definition) is 2. The molecule has 9 heteroatoms. The predicted molar refractivity (Wildman–Crippen MR) is 138 cm³/mol. The van der Waals surface area contributed by atoms with E-state index < -0.39 is 23.4 Å². The van der Waals surface area contributed by atoms with Crippen molar-refractivity contribution in [3.8, 4) is 23.7 Å². The van der Waals surface area contributed by atoms with E-state index in [0.717, 1.165) is 23.7 Å². The molecule has 9 nitrogen and oxygen atoms in total. The highest BCUT2D eigenvalue weighted by molar-refractivity contribution is 6.21. The van der Waals surface area contributed by atoms with Crippen LogP contribution >= 0.6 is 0 Å². The quantitative estimate of drug-likeness (QED) is 0.231. The number of furan rings is 1. The van der Waals surface area contributed by atoms with Gasteiger partial charge in [-0.1, -0.05) is 24.3 Å². The Kier molecular flexibility index (Phi) is 8.48. The molecule has 1 aromatic heterocycles. The monoisotopic (exact) mass is 496 g/mol. The third kappa shape index (κ3) is 7.35. The summed E-state index contributed by atoms with van der Waals surface area (Å²) in [5.41, 5.74) is 13.9. The lowest BCUT2D eigenvalue weighted by molar-refractivity contribution is -0.125. The van der Waals surface area contributed by atoms with Crippen molar-refractivity contribution in [3.63, 3.8) is 0 Å². The number of hydrogen-bond acceptors (Lipinski definition) is 7. The fraction of sp³-hybridized carbons (Fsp3) is 0.143. The van der Waals surface area contributed by atoms with E-state index >= 15 is 0 Å². The number of carbonyl (C=O) groups is 4. The standard InChI is InChI=1S/C28H24N4O5/c1-31(15-19-3-7-21(29)8-4-19)27(35)13-11-25(33)23-17-37-18-24(23)26(34)12-14-28(36)32(2)16-20-5-9-22(30)10-6-20/h3-10,17-18H,15-16,29-30H2,1-2H3. The Labute approximate surface area is 214 Å². The number of nitrogens with two attached hydrogens (primary N) is 2. The highest BCUT2D eigenvalue weighted by Crippen LogP contribution is 2.12. The first-order valence-electron chi connectivity index (χ1n) is 11.0. The van der Waals surface area contributed by atoms with Gasteiger partial charge in [-0.25, -0.2) is 0 Å². The van der Waals surface area contributed by atoms with Crippen molar-refractivity contribution in [1.29, 1.82) is 0 Å². The molecule has 1 heterocycles. The van der Waals surface area contributed by atoms with Gasteiger partial charge in [-0.15, -0.1) is 0 Å². The van der Waals surface area contributed by atoms with Crippen LogP contribution in [0.3, 0.4) is 0 Å². The normalized spacial score (nSPS) is 9.78. The molecule has 0 aliphatic rings. The van der Waals surface area contributed by atoms with Gasteiger partial charge < -0.3 is 25.7 Å². The molecular weight excluding hydrogens is 472 g/mol. The molecule has 0 aliphatic carbocycles. The van der Waals surface area contributed by atoms with E-state index in [1.165, 1.54) is 9.80 Å².